The number of fused-ring (bicyclic) bond motifs is 1. The molecule has 1 unspecified atom stereocenters. The fourth-order valence-corrected chi connectivity index (χ4v) is 3.42. The normalized spacial score (nSPS) is 12.2. The van der Waals surface area contributed by atoms with Crippen molar-refractivity contribution < 1.29 is 9.32 Å². The SMILES string of the molecule is Cc1ccc(C(CNC(=O)Cc2noc(C)n2)c2c[nH]c3ccccc23)cc1. The van der Waals surface area contributed by atoms with E-state index in [-0.39, 0.29) is 18.2 Å². The number of hydrogen-bond acceptors (Lipinski definition) is 4. The first-order valence-electron chi connectivity index (χ1n) is 9.28. The van der Waals surface area contributed by atoms with Crippen LogP contribution in [0.2, 0.25) is 0 Å². The van der Waals surface area contributed by atoms with Crippen molar-refractivity contribution in [2.24, 2.45) is 0 Å². The van der Waals surface area contributed by atoms with Gasteiger partial charge in [0.15, 0.2) is 5.82 Å². The van der Waals surface area contributed by atoms with E-state index in [1.807, 2.05) is 18.3 Å². The first kappa shape index (κ1) is 18.0. The topological polar surface area (TPSA) is 83.8 Å². The number of hydrogen-bond donors (Lipinski definition) is 2. The van der Waals surface area contributed by atoms with Crippen molar-refractivity contribution in [1.82, 2.24) is 20.4 Å². The van der Waals surface area contributed by atoms with Gasteiger partial charge in [0.1, 0.15) is 0 Å². The first-order valence-corrected chi connectivity index (χ1v) is 9.28. The number of aromatic amines is 1. The van der Waals surface area contributed by atoms with Crippen molar-refractivity contribution in [3.63, 3.8) is 0 Å². The first-order chi connectivity index (χ1) is 13.6. The highest BCUT2D eigenvalue weighted by atomic mass is 16.5. The lowest BCUT2D eigenvalue weighted by atomic mass is 9.90. The molecule has 0 spiro atoms. The third-order valence-corrected chi connectivity index (χ3v) is 4.87. The van der Waals surface area contributed by atoms with Crippen molar-refractivity contribution in [3.8, 4) is 0 Å². The molecule has 0 fully saturated rings. The zero-order chi connectivity index (χ0) is 19.5. The van der Waals surface area contributed by atoms with Crippen LogP contribution in [0.25, 0.3) is 10.9 Å². The van der Waals surface area contributed by atoms with Gasteiger partial charge in [0.25, 0.3) is 0 Å². The average Bonchev–Trinajstić information content (AvgIpc) is 3.30. The highest BCUT2D eigenvalue weighted by Gasteiger charge is 2.19. The minimum atomic E-state index is -0.127. The minimum absolute atomic E-state index is 0.0349. The zero-order valence-corrected chi connectivity index (χ0v) is 15.9. The van der Waals surface area contributed by atoms with Crippen LogP contribution in [0.15, 0.2) is 59.3 Å². The van der Waals surface area contributed by atoms with Gasteiger partial charge in [-0.3, -0.25) is 4.79 Å². The zero-order valence-electron chi connectivity index (χ0n) is 15.9. The van der Waals surface area contributed by atoms with Gasteiger partial charge in [-0.15, -0.1) is 0 Å². The van der Waals surface area contributed by atoms with E-state index in [2.05, 4.69) is 63.8 Å². The Morgan fingerprint density at radius 2 is 1.93 bits per heavy atom. The summed E-state index contributed by atoms with van der Waals surface area (Å²) in [6.07, 6.45) is 2.13. The number of carbonyl (C=O) groups is 1. The van der Waals surface area contributed by atoms with Crippen molar-refractivity contribution in [3.05, 3.63) is 83.1 Å². The molecule has 1 amide bonds. The quantitative estimate of drug-likeness (QED) is 0.539. The van der Waals surface area contributed by atoms with Crippen LogP contribution in [-0.2, 0) is 11.2 Å². The van der Waals surface area contributed by atoms with E-state index in [1.54, 1.807) is 6.92 Å². The van der Waals surface area contributed by atoms with E-state index in [9.17, 15) is 4.79 Å². The molecule has 0 saturated carbocycles. The molecule has 6 heteroatoms. The van der Waals surface area contributed by atoms with Crippen molar-refractivity contribution >= 4 is 16.8 Å². The Hall–Kier alpha value is -3.41. The Kier molecular flexibility index (Phi) is 4.93. The summed E-state index contributed by atoms with van der Waals surface area (Å²) < 4.78 is 4.93. The summed E-state index contributed by atoms with van der Waals surface area (Å²) in [4.78, 5) is 19.8. The largest absolute Gasteiger partial charge is 0.361 e. The molecule has 2 aromatic heterocycles. The number of aromatic nitrogens is 3. The van der Waals surface area contributed by atoms with Crippen LogP contribution in [0.4, 0.5) is 0 Å². The van der Waals surface area contributed by atoms with Gasteiger partial charge in [-0.2, -0.15) is 4.98 Å². The van der Waals surface area contributed by atoms with E-state index >= 15 is 0 Å². The van der Waals surface area contributed by atoms with Crippen LogP contribution in [-0.4, -0.2) is 27.6 Å². The second-order valence-electron chi connectivity index (χ2n) is 6.96. The molecule has 1 atom stereocenters. The molecule has 28 heavy (non-hydrogen) atoms. The lowest BCUT2D eigenvalue weighted by Crippen LogP contribution is -2.30. The van der Waals surface area contributed by atoms with Gasteiger partial charge in [-0.25, -0.2) is 0 Å². The average molecular weight is 374 g/mol. The second-order valence-corrected chi connectivity index (χ2v) is 6.96. The number of rotatable bonds is 6. The van der Waals surface area contributed by atoms with E-state index in [1.165, 1.54) is 5.56 Å². The third kappa shape index (κ3) is 3.81. The van der Waals surface area contributed by atoms with Crippen molar-refractivity contribution in [1.29, 1.82) is 0 Å². The molecule has 0 radical (unpaired) electrons. The molecule has 0 aliphatic heterocycles. The Morgan fingerprint density at radius 1 is 1.14 bits per heavy atom. The van der Waals surface area contributed by atoms with Crippen molar-refractivity contribution in [2.75, 3.05) is 6.54 Å². The summed E-state index contributed by atoms with van der Waals surface area (Å²) >= 11 is 0. The molecule has 0 saturated heterocycles. The summed E-state index contributed by atoms with van der Waals surface area (Å²) in [6, 6.07) is 16.6. The lowest BCUT2D eigenvalue weighted by Gasteiger charge is -2.18. The molecule has 0 bridgehead atoms. The fraction of sp³-hybridized carbons (Fsp3) is 0.227. The lowest BCUT2D eigenvalue weighted by molar-refractivity contribution is -0.120. The van der Waals surface area contributed by atoms with Crippen LogP contribution < -0.4 is 5.32 Å². The molecule has 2 aromatic carbocycles. The maximum Gasteiger partial charge on any atom is 0.227 e. The molecule has 0 aliphatic carbocycles. The van der Waals surface area contributed by atoms with E-state index in [4.69, 9.17) is 4.52 Å². The molecule has 2 heterocycles. The maximum absolute atomic E-state index is 12.4. The van der Waals surface area contributed by atoms with E-state index < -0.39 is 0 Å². The number of nitrogens with one attached hydrogen (secondary N) is 2. The summed E-state index contributed by atoms with van der Waals surface area (Å²) in [5.74, 6) is 0.763. The molecule has 0 aliphatic rings. The van der Waals surface area contributed by atoms with Crippen LogP contribution in [0.1, 0.15) is 34.3 Å². The van der Waals surface area contributed by atoms with Crippen LogP contribution in [0.3, 0.4) is 0 Å². The van der Waals surface area contributed by atoms with Gasteiger partial charge < -0.3 is 14.8 Å². The Labute approximate surface area is 163 Å². The van der Waals surface area contributed by atoms with Gasteiger partial charge in [0.05, 0.1) is 6.42 Å². The molecule has 142 valence electrons. The standard InChI is InChI=1S/C22H22N4O2/c1-14-7-9-16(10-8-14)18(19-13-23-20-6-4-3-5-17(19)20)12-24-22(27)11-21-25-15(2)28-26-21/h3-10,13,18,23H,11-12H2,1-2H3,(H,24,27). The number of carbonyl (C=O) groups excluding carboxylic acids is 1. The smallest absolute Gasteiger partial charge is 0.227 e. The summed E-state index contributed by atoms with van der Waals surface area (Å²) in [5, 5.41) is 7.98. The number of para-hydroxylation sites is 1. The number of amides is 1. The van der Waals surface area contributed by atoms with Crippen LogP contribution in [0, 0.1) is 13.8 Å². The highest BCUT2D eigenvalue weighted by Crippen LogP contribution is 2.30. The van der Waals surface area contributed by atoms with Crippen LogP contribution >= 0.6 is 0 Å². The minimum Gasteiger partial charge on any atom is -0.361 e. The molecule has 4 rings (SSSR count). The molecule has 4 aromatic rings. The Bertz CT molecular complexity index is 1100. The number of H-pyrrole nitrogens is 1. The van der Waals surface area contributed by atoms with Gasteiger partial charge >= 0.3 is 0 Å². The second kappa shape index (κ2) is 7.68. The summed E-state index contributed by atoms with van der Waals surface area (Å²) in [6.45, 7) is 4.26. The number of benzene rings is 2. The van der Waals surface area contributed by atoms with Gasteiger partial charge in [0.2, 0.25) is 11.8 Å². The predicted molar refractivity (Wildman–Crippen MR) is 107 cm³/mol. The van der Waals surface area contributed by atoms with Gasteiger partial charge in [-0.05, 0) is 24.1 Å². The molecule has 2 N–H and O–H groups in total. The van der Waals surface area contributed by atoms with Gasteiger partial charge in [-0.1, -0.05) is 53.2 Å². The van der Waals surface area contributed by atoms with Crippen LogP contribution in [0.5, 0.6) is 0 Å². The summed E-state index contributed by atoms with van der Waals surface area (Å²) in [5.41, 5.74) is 4.61. The molecule has 6 nitrogen and oxygen atoms in total. The maximum atomic E-state index is 12.4. The van der Waals surface area contributed by atoms with Crippen molar-refractivity contribution in [2.45, 2.75) is 26.2 Å². The Morgan fingerprint density at radius 3 is 2.68 bits per heavy atom. The monoisotopic (exact) mass is 374 g/mol. The Balaban J connectivity index is 1.58. The number of nitrogens with zero attached hydrogens (tertiary/aromatic N) is 2. The summed E-state index contributed by atoms with van der Waals surface area (Å²) in [7, 11) is 0. The number of aryl methyl sites for hydroxylation is 2. The fourth-order valence-electron chi connectivity index (χ4n) is 3.42. The molecular weight excluding hydrogens is 352 g/mol. The third-order valence-electron chi connectivity index (χ3n) is 4.87. The van der Waals surface area contributed by atoms with E-state index in [0.29, 0.717) is 18.3 Å². The predicted octanol–water partition coefficient (Wildman–Crippen LogP) is 3.66. The highest BCUT2D eigenvalue weighted by molar-refractivity contribution is 5.84. The van der Waals surface area contributed by atoms with E-state index in [0.717, 1.165) is 22.0 Å². The molecular formula is C22H22N4O2. The van der Waals surface area contributed by atoms with Gasteiger partial charge in [0, 0.05) is 36.5 Å².